The minimum absolute atomic E-state index is 0.159. The molecule has 0 saturated carbocycles. The fraction of sp³-hybridized carbons (Fsp3) is 0.182. The lowest BCUT2D eigenvalue weighted by Gasteiger charge is -2.05. The number of rotatable bonds is 3. The van der Waals surface area contributed by atoms with Gasteiger partial charge in [-0.05, 0) is 12.1 Å². The minimum Gasteiger partial charge on any atom is -0.495 e. The first-order valence-electron chi connectivity index (χ1n) is 4.95. The number of pyridine rings is 1. The van der Waals surface area contributed by atoms with E-state index in [1.54, 1.807) is 26.3 Å². The van der Waals surface area contributed by atoms with Crippen LogP contribution in [0.4, 0.5) is 10.3 Å². The molecule has 0 bridgehead atoms. The Bertz CT molecular complexity index is 515. The zero-order valence-electron chi connectivity index (χ0n) is 9.44. The van der Waals surface area contributed by atoms with Gasteiger partial charge in [-0.3, -0.25) is 4.98 Å². The molecule has 0 aliphatic carbocycles. The SMILES string of the molecule is CNc1ncc(F)c(-c2ccc(OC)cn2)n1. The highest BCUT2D eigenvalue weighted by Gasteiger charge is 2.10. The Labute approximate surface area is 97.7 Å². The summed E-state index contributed by atoms with van der Waals surface area (Å²) >= 11 is 0. The van der Waals surface area contributed by atoms with E-state index >= 15 is 0 Å². The second kappa shape index (κ2) is 4.73. The molecule has 0 spiro atoms. The molecule has 0 aromatic carbocycles. The maximum absolute atomic E-state index is 13.6. The van der Waals surface area contributed by atoms with E-state index in [9.17, 15) is 4.39 Å². The molecule has 0 unspecified atom stereocenters. The number of hydrogen-bond donors (Lipinski definition) is 1. The minimum atomic E-state index is -0.512. The van der Waals surface area contributed by atoms with E-state index in [1.807, 2.05) is 0 Å². The monoisotopic (exact) mass is 234 g/mol. The molecule has 0 radical (unpaired) electrons. The van der Waals surface area contributed by atoms with Crippen LogP contribution in [0.2, 0.25) is 0 Å². The molecule has 0 saturated heterocycles. The number of ether oxygens (including phenoxy) is 1. The van der Waals surface area contributed by atoms with Crippen molar-refractivity contribution in [2.45, 2.75) is 0 Å². The van der Waals surface area contributed by atoms with Gasteiger partial charge in [0.15, 0.2) is 5.82 Å². The first-order chi connectivity index (χ1) is 8.24. The van der Waals surface area contributed by atoms with E-state index in [0.29, 0.717) is 17.4 Å². The molecule has 2 rings (SSSR count). The summed E-state index contributed by atoms with van der Waals surface area (Å²) in [5.74, 6) is 0.442. The Morgan fingerprint density at radius 1 is 1.24 bits per heavy atom. The molecule has 17 heavy (non-hydrogen) atoms. The van der Waals surface area contributed by atoms with Gasteiger partial charge in [0.25, 0.3) is 0 Å². The van der Waals surface area contributed by atoms with E-state index in [2.05, 4.69) is 20.3 Å². The van der Waals surface area contributed by atoms with E-state index in [-0.39, 0.29) is 5.69 Å². The zero-order chi connectivity index (χ0) is 12.3. The number of nitrogens with zero attached hydrogens (tertiary/aromatic N) is 3. The van der Waals surface area contributed by atoms with Crippen molar-refractivity contribution in [1.29, 1.82) is 0 Å². The van der Waals surface area contributed by atoms with Gasteiger partial charge in [-0.2, -0.15) is 0 Å². The molecule has 0 aliphatic heterocycles. The van der Waals surface area contributed by atoms with Crippen LogP contribution in [-0.2, 0) is 0 Å². The third-order valence-electron chi connectivity index (χ3n) is 2.18. The van der Waals surface area contributed by atoms with E-state index in [4.69, 9.17) is 4.74 Å². The van der Waals surface area contributed by atoms with E-state index < -0.39 is 5.82 Å². The molecule has 1 N–H and O–H groups in total. The Kier molecular flexibility index (Phi) is 3.13. The number of methoxy groups -OCH3 is 1. The molecule has 0 fully saturated rings. The van der Waals surface area contributed by atoms with Crippen molar-refractivity contribution < 1.29 is 9.13 Å². The number of halogens is 1. The third-order valence-corrected chi connectivity index (χ3v) is 2.18. The second-order valence-electron chi connectivity index (χ2n) is 3.22. The Hall–Kier alpha value is -2.24. The lowest BCUT2D eigenvalue weighted by atomic mass is 10.2. The molecule has 0 atom stereocenters. The summed E-state index contributed by atoms with van der Waals surface area (Å²) in [6.45, 7) is 0. The molecule has 6 heteroatoms. The summed E-state index contributed by atoms with van der Waals surface area (Å²) in [7, 11) is 3.21. The molecule has 2 heterocycles. The molecule has 88 valence electrons. The molecule has 5 nitrogen and oxygen atoms in total. The molecular formula is C11H11FN4O. The smallest absolute Gasteiger partial charge is 0.223 e. The number of aromatic nitrogens is 3. The predicted octanol–water partition coefficient (Wildman–Crippen LogP) is 1.73. The van der Waals surface area contributed by atoms with Crippen LogP contribution in [0, 0.1) is 5.82 Å². The lowest BCUT2D eigenvalue weighted by molar-refractivity contribution is 0.413. The van der Waals surface area contributed by atoms with Gasteiger partial charge >= 0.3 is 0 Å². The normalized spacial score (nSPS) is 10.1. The van der Waals surface area contributed by atoms with Gasteiger partial charge in [-0.25, -0.2) is 14.4 Å². The van der Waals surface area contributed by atoms with E-state index in [1.165, 1.54) is 6.20 Å². The summed E-state index contributed by atoms with van der Waals surface area (Å²) in [4.78, 5) is 11.9. The van der Waals surface area contributed by atoms with Crippen molar-refractivity contribution in [3.05, 3.63) is 30.3 Å². The Morgan fingerprint density at radius 3 is 2.65 bits per heavy atom. The summed E-state index contributed by atoms with van der Waals surface area (Å²) in [5.41, 5.74) is 0.592. The highest BCUT2D eigenvalue weighted by molar-refractivity contribution is 5.56. The van der Waals surface area contributed by atoms with Crippen molar-refractivity contribution in [3.63, 3.8) is 0 Å². The van der Waals surface area contributed by atoms with E-state index in [0.717, 1.165) is 6.20 Å². The summed E-state index contributed by atoms with van der Waals surface area (Å²) in [6.07, 6.45) is 2.62. The second-order valence-corrected chi connectivity index (χ2v) is 3.22. The predicted molar refractivity (Wildman–Crippen MR) is 61.3 cm³/mol. The van der Waals surface area contributed by atoms with Crippen molar-refractivity contribution in [1.82, 2.24) is 15.0 Å². The van der Waals surface area contributed by atoms with Crippen LogP contribution in [0.5, 0.6) is 5.75 Å². The van der Waals surface area contributed by atoms with Crippen LogP contribution in [0.3, 0.4) is 0 Å². The zero-order valence-corrected chi connectivity index (χ0v) is 9.44. The van der Waals surface area contributed by atoms with Crippen LogP contribution in [0.15, 0.2) is 24.5 Å². The summed E-state index contributed by atoms with van der Waals surface area (Å²) < 4.78 is 18.5. The maximum atomic E-state index is 13.6. The highest BCUT2D eigenvalue weighted by atomic mass is 19.1. The number of hydrogen-bond acceptors (Lipinski definition) is 5. The van der Waals surface area contributed by atoms with Crippen molar-refractivity contribution in [2.24, 2.45) is 0 Å². The molecular weight excluding hydrogens is 223 g/mol. The average molecular weight is 234 g/mol. The van der Waals surface area contributed by atoms with Crippen LogP contribution in [0.25, 0.3) is 11.4 Å². The summed E-state index contributed by atoms with van der Waals surface area (Å²) in [5, 5.41) is 2.75. The quantitative estimate of drug-likeness (QED) is 0.876. The van der Waals surface area contributed by atoms with Crippen molar-refractivity contribution in [3.8, 4) is 17.1 Å². The van der Waals surface area contributed by atoms with Gasteiger partial charge in [0.2, 0.25) is 5.95 Å². The Balaban J connectivity index is 2.43. The topological polar surface area (TPSA) is 59.9 Å². The van der Waals surface area contributed by atoms with Crippen LogP contribution in [0.1, 0.15) is 0 Å². The lowest BCUT2D eigenvalue weighted by Crippen LogP contribution is -2.00. The molecule has 0 aliphatic rings. The average Bonchev–Trinajstić information content (AvgIpc) is 2.39. The molecule has 0 amide bonds. The van der Waals surface area contributed by atoms with Crippen LogP contribution >= 0.6 is 0 Å². The molecule has 2 aromatic rings. The van der Waals surface area contributed by atoms with Crippen LogP contribution in [-0.4, -0.2) is 29.1 Å². The van der Waals surface area contributed by atoms with Gasteiger partial charge in [0.05, 0.1) is 25.2 Å². The van der Waals surface area contributed by atoms with Crippen molar-refractivity contribution in [2.75, 3.05) is 19.5 Å². The first kappa shape index (κ1) is 11.3. The fourth-order valence-electron chi connectivity index (χ4n) is 1.31. The third kappa shape index (κ3) is 2.30. The molecule has 2 aromatic heterocycles. The van der Waals surface area contributed by atoms with Gasteiger partial charge in [-0.1, -0.05) is 0 Å². The number of anilines is 1. The van der Waals surface area contributed by atoms with Crippen molar-refractivity contribution >= 4 is 5.95 Å². The van der Waals surface area contributed by atoms with Gasteiger partial charge in [0.1, 0.15) is 11.4 Å². The first-order valence-corrected chi connectivity index (χ1v) is 4.95. The van der Waals surface area contributed by atoms with Crippen LogP contribution < -0.4 is 10.1 Å². The largest absolute Gasteiger partial charge is 0.495 e. The fourth-order valence-corrected chi connectivity index (χ4v) is 1.31. The number of nitrogens with one attached hydrogen (secondary N) is 1. The summed E-state index contributed by atoms with van der Waals surface area (Å²) in [6, 6.07) is 3.34. The standard InChI is InChI=1S/C11H11FN4O/c1-13-11-15-6-8(12)10(16-11)9-4-3-7(17-2)5-14-9/h3-6H,1-2H3,(H,13,15,16). The van der Waals surface area contributed by atoms with Gasteiger partial charge < -0.3 is 10.1 Å². The maximum Gasteiger partial charge on any atom is 0.223 e. The Morgan fingerprint density at radius 2 is 2.06 bits per heavy atom. The van der Waals surface area contributed by atoms with Gasteiger partial charge in [-0.15, -0.1) is 0 Å². The van der Waals surface area contributed by atoms with Gasteiger partial charge in [0, 0.05) is 7.05 Å². The highest BCUT2D eigenvalue weighted by Crippen LogP contribution is 2.20.